The van der Waals surface area contributed by atoms with Gasteiger partial charge in [0, 0.05) is 58.5 Å². The van der Waals surface area contributed by atoms with Gasteiger partial charge in [0.2, 0.25) is 0 Å². The number of nitrogens with zero attached hydrogens (tertiary/aromatic N) is 2. The van der Waals surface area contributed by atoms with E-state index >= 15 is 0 Å². The van der Waals surface area contributed by atoms with E-state index in [1.807, 2.05) is 50.4 Å². The second-order valence-electron chi connectivity index (χ2n) is 12.7. The number of allylic oxidation sites excluding steroid dienone is 2. The van der Waals surface area contributed by atoms with E-state index in [9.17, 15) is 9.90 Å². The zero-order valence-corrected chi connectivity index (χ0v) is 31.6. The van der Waals surface area contributed by atoms with E-state index in [1.54, 1.807) is 6.33 Å². The fourth-order valence-corrected chi connectivity index (χ4v) is 7.96. The molecule has 0 fully saturated rings. The zero-order valence-electron chi connectivity index (χ0n) is 27.6. The van der Waals surface area contributed by atoms with Crippen molar-refractivity contribution in [1.82, 2.24) is 9.97 Å². The van der Waals surface area contributed by atoms with Crippen molar-refractivity contribution in [3.8, 4) is 10.6 Å². The Morgan fingerprint density at radius 2 is 1.60 bits per heavy atom. The molecule has 0 aliphatic carbocycles. The van der Waals surface area contributed by atoms with Gasteiger partial charge in [-0.2, -0.15) is 6.07 Å². The topological polar surface area (TPSA) is 63.1 Å². The molecular formula is C36H49IrN2O2S2-. The summed E-state index contributed by atoms with van der Waals surface area (Å²) < 4.78 is 2.54. The smallest absolute Gasteiger partial charge is 0.162 e. The molecule has 0 aliphatic heterocycles. The SMILES string of the molecule is CCC(CC)C(=O)/C=C(\O)C(CC)CC.Cc1[c-]c(-c2ncnc3c2sc2c(CC(C)C)cccc23)sc1C(C)(C)C.[Ir]. The Balaban J connectivity index is 0.000000348. The molecular weight excluding hydrogens is 749 g/mol. The minimum absolute atomic E-state index is 0. The summed E-state index contributed by atoms with van der Waals surface area (Å²) in [5.41, 5.74) is 4.87. The van der Waals surface area contributed by atoms with Gasteiger partial charge >= 0.3 is 0 Å². The van der Waals surface area contributed by atoms with Crippen molar-refractivity contribution in [2.75, 3.05) is 0 Å². The van der Waals surface area contributed by atoms with Crippen LogP contribution in [0.4, 0.5) is 0 Å². The van der Waals surface area contributed by atoms with Crippen LogP contribution in [0.3, 0.4) is 0 Å². The maximum absolute atomic E-state index is 11.7. The first-order valence-electron chi connectivity index (χ1n) is 15.5. The summed E-state index contributed by atoms with van der Waals surface area (Å²) in [6, 6.07) is 10.2. The molecule has 0 saturated carbocycles. The largest absolute Gasteiger partial charge is 0.512 e. The van der Waals surface area contributed by atoms with Crippen molar-refractivity contribution in [3.05, 3.63) is 58.4 Å². The summed E-state index contributed by atoms with van der Waals surface area (Å²) in [4.78, 5) is 23.5. The first kappa shape index (κ1) is 37.3. The van der Waals surface area contributed by atoms with Crippen LogP contribution < -0.4 is 0 Å². The predicted molar refractivity (Wildman–Crippen MR) is 183 cm³/mol. The number of rotatable bonds is 10. The Morgan fingerprint density at radius 3 is 2.14 bits per heavy atom. The van der Waals surface area contributed by atoms with Crippen LogP contribution >= 0.6 is 22.7 Å². The number of thiophene rings is 2. The summed E-state index contributed by atoms with van der Waals surface area (Å²) >= 11 is 3.66. The van der Waals surface area contributed by atoms with E-state index in [-0.39, 0.29) is 48.9 Å². The minimum atomic E-state index is 0. The molecule has 0 bridgehead atoms. The summed E-state index contributed by atoms with van der Waals surface area (Å²) in [5, 5.41) is 11.0. The number of aromatic nitrogens is 2. The summed E-state index contributed by atoms with van der Waals surface area (Å²) in [6.07, 6.45) is 7.70. The third-order valence-electron chi connectivity index (χ3n) is 7.81. The Hall–Kier alpha value is -1.92. The molecule has 4 aromatic rings. The monoisotopic (exact) mass is 798 g/mol. The van der Waals surface area contributed by atoms with Crippen LogP contribution in [0.15, 0.2) is 36.4 Å². The number of aliphatic hydroxyl groups excluding tert-OH is 1. The van der Waals surface area contributed by atoms with Crippen LogP contribution in [-0.2, 0) is 36.7 Å². The Bertz CT molecular complexity index is 1520. The molecule has 0 aliphatic rings. The molecule has 3 aromatic heterocycles. The average molecular weight is 798 g/mol. The van der Waals surface area contributed by atoms with E-state index in [0.29, 0.717) is 5.92 Å². The second kappa shape index (κ2) is 16.4. The number of hydrogen-bond donors (Lipinski definition) is 1. The Labute approximate surface area is 280 Å². The fourth-order valence-electron chi connectivity index (χ4n) is 5.45. The van der Waals surface area contributed by atoms with Gasteiger partial charge < -0.3 is 5.11 Å². The van der Waals surface area contributed by atoms with Crippen LogP contribution in [0.5, 0.6) is 0 Å². The molecule has 237 valence electrons. The summed E-state index contributed by atoms with van der Waals surface area (Å²) in [5.74, 6) is 1.18. The standard InChI is InChI=1S/C23H25N2S2.C13H24O2.Ir/c1-13(2)10-15-8-7-9-16-18-21(27-20(15)16)19(25-12-24-18)17-11-14(3)22(26-17)23(4,5)6;1-5-10(6-2)12(14)9-13(15)11(7-3)8-4;/h7-9,12-13H,10H2,1-6H3;9-11,14H,5-8H2,1-4H3;/q-1;;/b;12-9-;. The van der Waals surface area contributed by atoms with Crippen molar-refractivity contribution in [2.24, 2.45) is 17.8 Å². The number of ketones is 1. The van der Waals surface area contributed by atoms with Gasteiger partial charge in [-0.25, -0.2) is 16.3 Å². The van der Waals surface area contributed by atoms with E-state index in [2.05, 4.69) is 75.8 Å². The van der Waals surface area contributed by atoms with Gasteiger partial charge in [0.05, 0.1) is 11.3 Å². The van der Waals surface area contributed by atoms with Crippen LogP contribution in [-0.4, -0.2) is 20.9 Å². The molecule has 1 aromatic carbocycles. The molecule has 1 radical (unpaired) electrons. The number of carbonyl (C=O) groups excluding carboxylic acids is 1. The van der Waals surface area contributed by atoms with E-state index in [0.717, 1.165) is 48.2 Å². The van der Waals surface area contributed by atoms with Crippen molar-refractivity contribution in [2.45, 2.75) is 107 Å². The van der Waals surface area contributed by atoms with Gasteiger partial charge in [-0.3, -0.25) is 9.78 Å². The maximum atomic E-state index is 11.7. The van der Waals surface area contributed by atoms with Crippen molar-refractivity contribution < 1.29 is 30.0 Å². The third-order valence-corrected chi connectivity index (χ3v) is 10.7. The second-order valence-corrected chi connectivity index (χ2v) is 14.7. The first-order chi connectivity index (χ1) is 19.9. The Morgan fingerprint density at radius 1 is 0.977 bits per heavy atom. The molecule has 7 heteroatoms. The van der Waals surface area contributed by atoms with E-state index in [1.165, 1.54) is 36.9 Å². The van der Waals surface area contributed by atoms with E-state index in [4.69, 9.17) is 0 Å². The molecule has 4 nitrogen and oxygen atoms in total. The van der Waals surface area contributed by atoms with Crippen molar-refractivity contribution in [1.29, 1.82) is 0 Å². The van der Waals surface area contributed by atoms with Gasteiger partial charge in [-0.05, 0) is 49.0 Å². The molecule has 1 N–H and O–H groups in total. The maximum Gasteiger partial charge on any atom is 0.162 e. The molecule has 0 saturated heterocycles. The molecule has 0 atom stereocenters. The van der Waals surface area contributed by atoms with Gasteiger partial charge in [-0.15, -0.1) is 16.9 Å². The molecule has 0 spiro atoms. The minimum Gasteiger partial charge on any atom is -0.512 e. The molecule has 0 amide bonds. The van der Waals surface area contributed by atoms with Gasteiger partial charge in [0.25, 0.3) is 0 Å². The van der Waals surface area contributed by atoms with Gasteiger partial charge in [-0.1, -0.05) is 97.2 Å². The van der Waals surface area contributed by atoms with Gasteiger partial charge in [0.15, 0.2) is 5.78 Å². The number of hydrogen-bond acceptors (Lipinski definition) is 6. The van der Waals surface area contributed by atoms with Crippen LogP contribution in [0.2, 0.25) is 0 Å². The van der Waals surface area contributed by atoms with Crippen molar-refractivity contribution in [3.63, 3.8) is 0 Å². The normalized spacial score (nSPS) is 12.3. The number of carbonyl (C=O) groups is 1. The van der Waals surface area contributed by atoms with Crippen molar-refractivity contribution >= 4 is 48.8 Å². The number of fused-ring (bicyclic) bond motifs is 3. The van der Waals surface area contributed by atoms with E-state index < -0.39 is 0 Å². The molecule has 3 heterocycles. The Kier molecular flexibility index (Phi) is 14.2. The van der Waals surface area contributed by atoms with Crippen LogP contribution in [0, 0.1) is 30.7 Å². The summed E-state index contributed by atoms with van der Waals surface area (Å²) in [7, 11) is 0. The summed E-state index contributed by atoms with van der Waals surface area (Å²) in [6.45, 7) is 21.6. The van der Waals surface area contributed by atoms with Crippen LogP contribution in [0.1, 0.15) is 104 Å². The fraction of sp³-hybridized carbons (Fsp3) is 0.528. The van der Waals surface area contributed by atoms with Crippen LogP contribution in [0.25, 0.3) is 30.9 Å². The quantitative estimate of drug-likeness (QED) is 0.0986. The molecule has 0 unspecified atom stereocenters. The van der Waals surface area contributed by atoms with Gasteiger partial charge in [0.1, 0.15) is 6.33 Å². The zero-order chi connectivity index (χ0) is 31.2. The predicted octanol–water partition coefficient (Wildman–Crippen LogP) is 11.0. The number of aryl methyl sites for hydroxylation is 1. The number of benzene rings is 1. The molecule has 4 rings (SSSR count). The molecule has 43 heavy (non-hydrogen) atoms. The third kappa shape index (κ3) is 9.06. The first-order valence-corrected chi connectivity index (χ1v) is 17.1. The average Bonchev–Trinajstić information content (AvgIpc) is 3.51. The number of aliphatic hydroxyl groups is 1.